The molecule has 1 aromatic heterocycles. The molecule has 0 fully saturated rings. The van der Waals surface area contributed by atoms with E-state index in [1.165, 1.54) is 14.2 Å². The Labute approximate surface area is 102 Å². The molecule has 0 spiro atoms. The zero-order chi connectivity index (χ0) is 13.3. The third kappa shape index (κ3) is 1.90. The van der Waals surface area contributed by atoms with Crippen LogP contribution >= 0.6 is 0 Å². The molecule has 0 aliphatic carbocycles. The van der Waals surface area contributed by atoms with Crippen molar-refractivity contribution in [2.75, 3.05) is 14.2 Å². The van der Waals surface area contributed by atoms with Gasteiger partial charge in [-0.25, -0.2) is 4.79 Å². The van der Waals surface area contributed by atoms with E-state index in [0.717, 1.165) is 4.57 Å². The number of hydrogen-bond donors (Lipinski definition) is 2. The van der Waals surface area contributed by atoms with Crippen LogP contribution in [0.1, 0.15) is 0 Å². The van der Waals surface area contributed by atoms with Crippen molar-refractivity contribution >= 4 is 17.0 Å². The third-order valence-electron chi connectivity index (χ3n) is 2.57. The average molecular weight is 252 g/mol. The molecule has 2 aromatic rings. The van der Waals surface area contributed by atoms with Gasteiger partial charge in [0.25, 0.3) is 0 Å². The molecule has 0 radical (unpaired) electrons. The lowest BCUT2D eigenvalue weighted by molar-refractivity contribution is -0.137. The smallest absolute Gasteiger partial charge is 0.327 e. The molecule has 0 atom stereocenters. The molecule has 0 bridgehead atoms. The minimum absolute atomic E-state index is 0.408. The Balaban J connectivity index is 2.70. The monoisotopic (exact) mass is 252 g/mol. The number of ether oxygens (including phenoxy) is 2. The van der Waals surface area contributed by atoms with Crippen LogP contribution in [0.15, 0.2) is 16.9 Å². The highest BCUT2D eigenvalue weighted by atomic mass is 16.5. The summed E-state index contributed by atoms with van der Waals surface area (Å²) in [6.45, 7) is -0.408. The lowest BCUT2D eigenvalue weighted by Crippen LogP contribution is -2.21. The second-order valence-corrected chi connectivity index (χ2v) is 3.63. The van der Waals surface area contributed by atoms with E-state index in [2.05, 4.69) is 4.98 Å². The van der Waals surface area contributed by atoms with E-state index in [-0.39, 0.29) is 0 Å². The molecule has 1 heterocycles. The van der Waals surface area contributed by atoms with Gasteiger partial charge in [0.1, 0.15) is 6.54 Å². The summed E-state index contributed by atoms with van der Waals surface area (Å²) >= 11 is 0. The van der Waals surface area contributed by atoms with Crippen LogP contribution in [0.25, 0.3) is 11.0 Å². The summed E-state index contributed by atoms with van der Waals surface area (Å²) in [5.41, 5.74) is 0.474. The molecule has 0 saturated heterocycles. The highest BCUT2D eigenvalue weighted by molar-refractivity contribution is 5.81. The quantitative estimate of drug-likeness (QED) is 0.823. The van der Waals surface area contributed by atoms with Gasteiger partial charge >= 0.3 is 11.7 Å². The Morgan fingerprint density at radius 1 is 1.33 bits per heavy atom. The number of fused-ring (bicyclic) bond motifs is 1. The van der Waals surface area contributed by atoms with Gasteiger partial charge in [-0.3, -0.25) is 9.36 Å². The van der Waals surface area contributed by atoms with Crippen LogP contribution in [0, 0.1) is 0 Å². The first-order chi connectivity index (χ1) is 8.56. The largest absolute Gasteiger partial charge is 0.493 e. The van der Waals surface area contributed by atoms with Crippen LogP contribution in [0.5, 0.6) is 11.5 Å². The van der Waals surface area contributed by atoms with Crippen molar-refractivity contribution in [3.8, 4) is 11.5 Å². The van der Waals surface area contributed by atoms with Crippen LogP contribution < -0.4 is 15.2 Å². The lowest BCUT2D eigenvalue weighted by atomic mass is 10.2. The van der Waals surface area contributed by atoms with E-state index in [1.807, 2.05) is 0 Å². The van der Waals surface area contributed by atoms with E-state index in [1.54, 1.807) is 12.1 Å². The van der Waals surface area contributed by atoms with Gasteiger partial charge < -0.3 is 19.6 Å². The Morgan fingerprint density at radius 3 is 2.50 bits per heavy atom. The van der Waals surface area contributed by atoms with Gasteiger partial charge in [0.15, 0.2) is 11.5 Å². The number of hydrogen-bond acceptors (Lipinski definition) is 4. The van der Waals surface area contributed by atoms with Gasteiger partial charge in [-0.1, -0.05) is 0 Å². The molecule has 7 nitrogen and oxygen atoms in total. The summed E-state index contributed by atoms with van der Waals surface area (Å²) < 4.78 is 11.3. The normalized spacial score (nSPS) is 10.6. The fourth-order valence-electron chi connectivity index (χ4n) is 1.78. The second-order valence-electron chi connectivity index (χ2n) is 3.63. The molecule has 18 heavy (non-hydrogen) atoms. The predicted molar refractivity (Wildman–Crippen MR) is 63.3 cm³/mol. The molecule has 96 valence electrons. The zero-order valence-electron chi connectivity index (χ0n) is 9.89. The van der Waals surface area contributed by atoms with Crippen LogP contribution in [-0.4, -0.2) is 34.8 Å². The summed E-state index contributed by atoms with van der Waals surface area (Å²) in [5.74, 6) is -0.190. The number of carboxylic acid groups (broad SMARTS) is 1. The maximum Gasteiger partial charge on any atom is 0.327 e. The number of carbonyl (C=O) groups is 1. The molecule has 1 aromatic carbocycles. The number of aliphatic carboxylic acids is 1. The number of methoxy groups -OCH3 is 2. The van der Waals surface area contributed by atoms with Gasteiger partial charge in [0.2, 0.25) is 0 Å². The van der Waals surface area contributed by atoms with Crippen LogP contribution in [-0.2, 0) is 11.3 Å². The van der Waals surface area contributed by atoms with Crippen molar-refractivity contribution in [2.45, 2.75) is 6.54 Å². The number of benzene rings is 1. The fourth-order valence-corrected chi connectivity index (χ4v) is 1.78. The van der Waals surface area contributed by atoms with Crippen molar-refractivity contribution in [1.82, 2.24) is 9.55 Å². The molecule has 2 N–H and O–H groups in total. The number of aromatic nitrogens is 2. The predicted octanol–water partition coefficient (Wildman–Crippen LogP) is 0.431. The van der Waals surface area contributed by atoms with E-state index < -0.39 is 18.2 Å². The van der Waals surface area contributed by atoms with Crippen LogP contribution in [0.3, 0.4) is 0 Å². The minimum Gasteiger partial charge on any atom is -0.493 e. The number of rotatable bonds is 4. The lowest BCUT2D eigenvalue weighted by Gasteiger charge is -2.07. The van der Waals surface area contributed by atoms with E-state index in [0.29, 0.717) is 22.5 Å². The van der Waals surface area contributed by atoms with Crippen molar-refractivity contribution < 1.29 is 19.4 Å². The maximum atomic E-state index is 11.6. The Hall–Kier alpha value is -2.44. The number of aromatic amines is 1. The first kappa shape index (κ1) is 12.0. The molecular formula is C11H12N2O5. The second kappa shape index (κ2) is 4.44. The molecule has 0 saturated carbocycles. The Morgan fingerprint density at radius 2 is 1.94 bits per heavy atom. The summed E-state index contributed by atoms with van der Waals surface area (Å²) in [6, 6.07) is 3.16. The SMILES string of the molecule is COc1cc2[nH]c(=O)n(CC(=O)O)c2cc1OC. The minimum atomic E-state index is -1.09. The van der Waals surface area contributed by atoms with E-state index in [9.17, 15) is 9.59 Å². The number of nitrogens with one attached hydrogen (secondary N) is 1. The van der Waals surface area contributed by atoms with Gasteiger partial charge in [0.05, 0.1) is 25.3 Å². The molecular weight excluding hydrogens is 240 g/mol. The molecule has 7 heteroatoms. The number of imidazole rings is 1. The zero-order valence-corrected chi connectivity index (χ0v) is 9.89. The van der Waals surface area contributed by atoms with Crippen LogP contribution in [0.2, 0.25) is 0 Å². The number of nitrogens with zero attached hydrogens (tertiary/aromatic N) is 1. The molecule has 0 aliphatic heterocycles. The van der Waals surface area contributed by atoms with Gasteiger partial charge in [-0.15, -0.1) is 0 Å². The van der Waals surface area contributed by atoms with E-state index in [4.69, 9.17) is 14.6 Å². The average Bonchev–Trinajstić information content (AvgIpc) is 2.63. The molecule has 2 rings (SSSR count). The highest BCUT2D eigenvalue weighted by Gasteiger charge is 2.14. The van der Waals surface area contributed by atoms with E-state index >= 15 is 0 Å². The first-order valence-electron chi connectivity index (χ1n) is 5.13. The third-order valence-corrected chi connectivity index (χ3v) is 2.57. The van der Waals surface area contributed by atoms with Crippen LogP contribution in [0.4, 0.5) is 0 Å². The summed E-state index contributed by atoms with van der Waals surface area (Å²) in [6.07, 6.45) is 0. The van der Waals surface area contributed by atoms with Gasteiger partial charge in [0, 0.05) is 12.1 Å². The Bertz CT molecular complexity index is 655. The Kier molecular flexibility index (Phi) is 2.97. The van der Waals surface area contributed by atoms with Crippen molar-refractivity contribution in [2.24, 2.45) is 0 Å². The van der Waals surface area contributed by atoms with Crippen molar-refractivity contribution in [3.63, 3.8) is 0 Å². The number of carboxylic acids is 1. The summed E-state index contributed by atoms with van der Waals surface area (Å²) in [4.78, 5) is 24.9. The first-order valence-corrected chi connectivity index (χ1v) is 5.13. The number of H-pyrrole nitrogens is 1. The molecule has 0 aliphatic rings. The van der Waals surface area contributed by atoms with Crippen molar-refractivity contribution in [1.29, 1.82) is 0 Å². The maximum absolute atomic E-state index is 11.6. The molecule has 0 amide bonds. The topological polar surface area (TPSA) is 93.6 Å². The standard InChI is InChI=1S/C11H12N2O5/c1-17-8-3-6-7(4-9(8)18-2)13(5-10(14)15)11(16)12-6/h3-4H,5H2,1-2H3,(H,12,16)(H,14,15). The highest BCUT2D eigenvalue weighted by Crippen LogP contribution is 2.30. The molecule has 0 unspecified atom stereocenters. The summed E-state index contributed by atoms with van der Waals surface area (Å²) in [5, 5.41) is 8.77. The fraction of sp³-hybridized carbons (Fsp3) is 0.273. The summed E-state index contributed by atoms with van der Waals surface area (Å²) in [7, 11) is 2.95. The van der Waals surface area contributed by atoms with Gasteiger partial charge in [-0.05, 0) is 0 Å². The van der Waals surface area contributed by atoms with Crippen molar-refractivity contribution in [3.05, 3.63) is 22.6 Å². The van der Waals surface area contributed by atoms with Gasteiger partial charge in [-0.2, -0.15) is 0 Å².